The van der Waals surface area contributed by atoms with Gasteiger partial charge in [-0.15, -0.1) is 0 Å². The molecule has 0 aromatic heterocycles. The summed E-state index contributed by atoms with van der Waals surface area (Å²) in [6.07, 6.45) is 0.982. The van der Waals surface area contributed by atoms with Crippen molar-refractivity contribution in [2.75, 3.05) is 4.90 Å². The van der Waals surface area contributed by atoms with Crippen molar-refractivity contribution in [3.8, 4) is 11.5 Å². The molecule has 144 valence electrons. The zero-order valence-corrected chi connectivity index (χ0v) is 15.7. The molecule has 2 aromatic carbocycles. The molecule has 1 saturated heterocycles. The molecule has 8 heteroatoms. The monoisotopic (exact) mass is 399 g/mol. The average molecular weight is 399 g/mol. The molecule has 28 heavy (non-hydrogen) atoms. The third-order valence-electron chi connectivity index (χ3n) is 3.98. The Bertz CT molecular complexity index is 953. The van der Waals surface area contributed by atoms with Crippen LogP contribution in [-0.4, -0.2) is 33.4 Å². The lowest BCUT2D eigenvalue weighted by molar-refractivity contribution is -0.145. The van der Waals surface area contributed by atoms with Gasteiger partial charge in [-0.3, -0.25) is 9.59 Å². The molecular formula is C20H17NO6S. The van der Waals surface area contributed by atoms with Crippen molar-refractivity contribution < 1.29 is 29.3 Å². The minimum absolute atomic E-state index is 0.0390. The van der Waals surface area contributed by atoms with E-state index in [1.54, 1.807) is 49.4 Å². The number of rotatable bonds is 6. The van der Waals surface area contributed by atoms with Gasteiger partial charge in [0.15, 0.2) is 6.10 Å². The van der Waals surface area contributed by atoms with Gasteiger partial charge in [0.1, 0.15) is 11.5 Å². The summed E-state index contributed by atoms with van der Waals surface area (Å²) in [7, 11) is 0. The summed E-state index contributed by atoms with van der Waals surface area (Å²) in [6, 6.07) is 12.5. The molecule has 0 aliphatic carbocycles. The number of hydrogen-bond donors (Lipinski definition) is 2. The van der Waals surface area contributed by atoms with Crippen molar-refractivity contribution in [2.45, 2.75) is 19.4 Å². The highest BCUT2D eigenvalue weighted by molar-refractivity contribution is 8.19. The number of anilines is 1. The Hall–Kier alpha value is -3.26. The van der Waals surface area contributed by atoms with Crippen molar-refractivity contribution in [2.24, 2.45) is 0 Å². The number of phenols is 1. The summed E-state index contributed by atoms with van der Waals surface area (Å²) in [5.74, 6) is -1.15. The maximum atomic E-state index is 12.6. The molecular weight excluding hydrogens is 382 g/mol. The molecule has 1 fully saturated rings. The maximum absolute atomic E-state index is 12.6. The lowest BCUT2D eigenvalue weighted by Crippen LogP contribution is -2.27. The Labute approximate surface area is 165 Å². The van der Waals surface area contributed by atoms with Crippen molar-refractivity contribution >= 4 is 40.6 Å². The van der Waals surface area contributed by atoms with E-state index >= 15 is 0 Å². The quantitative estimate of drug-likeness (QED) is 0.711. The molecule has 0 spiro atoms. The number of hydrogen-bond acceptors (Lipinski definition) is 6. The maximum Gasteiger partial charge on any atom is 0.344 e. The Balaban J connectivity index is 1.77. The summed E-state index contributed by atoms with van der Waals surface area (Å²) in [5, 5.41) is 18.2. The fraction of sp³-hybridized carbons (Fsp3) is 0.150. The van der Waals surface area contributed by atoms with Gasteiger partial charge in [0.05, 0.1) is 10.6 Å². The molecule has 1 unspecified atom stereocenters. The van der Waals surface area contributed by atoms with Crippen molar-refractivity contribution in [1.29, 1.82) is 0 Å². The number of phenolic OH excluding ortho intramolecular Hbond substituents is 1. The Kier molecular flexibility index (Phi) is 5.70. The van der Waals surface area contributed by atoms with Crippen LogP contribution in [-0.2, 0) is 9.59 Å². The number of amides is 2. The van der Waals surface area contributed by atoms with Gasteiger partial charge in [0.2, 0.25) is 0 Å². The van der Waals surface area contributed by atoms with E-state index in [9.17, 15) is 19.5 Å². The van der Waals surface area contributed by atoms with Crippen LogP contribution >= 0.6 is 11.8 Å². The van der Waals surface area contributed by atoms with Gasteiger partial charge in [-0.1, -0.05) is 25.1 Å². The van der Waals surface area contributed by atoms with Gasteiger partial charge in [0, 0.05) is 6.07 Å². The zero-order chi connectivity index (χ0) is 20.3. The van der Waals surface area contributed by atoms with Crippen molar-refractivity contribution in [1.82, 2.24) is 0 Å². The molecule has 3 rings (SSSR count). The predicted octanol–water partition coefficient (Wildman–Crippen LogP) is 3.88. The average Bonchev–Trinajstić information content (AvgIpc) is 2.94. The smallest absolute Gasteiger partial charge is 0.344 e. The summed E-state index contributed by atoms with van der Waals surface area (Å²) < 4.78 is 5.40. The second kappa shape index (κ2) is 8.18. The van der Waals surface area contributed by atoms with E-state index in [1.807, 2.05) is 0 Å². The normalized spacial score (nSPS) is 16.5. The van der Waals surface area contributed by atoms with Crippen LogP contribution in [0, 0.1) is 0 Å². The number of ether oxygens (including phenoxy) is 1. The van der Waals surface area contributed by atoms with Gasteiger partial charge in [-0.25, -0.2) is 9.69 Å². The van der Waals surface area contributed by atoms with Crippen LogP contribution in [0.25, 0.3) is 6.08 Å². The van der Waals surface area contributed by atoms with Gasteiger partial charge in [-0.2, -0.15) is 0 Å². The van der Waals surface area contributed by atoms with Crippen molar-refractivity contribution in [3.63, 3.8) is 0 Å². The molecule has 7 nitrogen and oxygen atoms in total. The highest BCUT2D eigenvalue weighted by Gasteiger charge is 2.36. The second-order valence-electron chi connectivity index (χ2n) is 5.96. The van der Waals surface area contributed by atoms with Crippen LogP contribution < -0.4 is 9.64 Å². The number of carboxylic acid groups (broad SMARTS) is 1. The highest BCUT2D eigenvalue weighted by atomic mass is 32.2. The summed E-state index contributed by atoms with van der Waals surface area (Å²) in [4.78, 5) is 37.1. The first-order valence-corrected chi connectivity index (χ1v) is 9.27. The highest BCUT2D eigenvalue weighted by Crippen LogP contribution is 2.36. The molecule has 1 atom stereocenters. The molecule has 0 radical (unpaired) electrons. The van der Waals surface area contributed by atoms with E-state index in [4.69, 9.17) is 9.84 Å². The largest absolute Gasteiger partial charge is 0.508 e. The number of aromatic hydroxyl groups is 1. The Morgan fingerprint density at radius 1 is 1.21 bits per heavy atom. The van der Waals surface area contributed by atoms with Crippen LogP contribution in [0.5, 0.6) is 11.5 Å². The van der Waals surface area contributed by atoms with Crippen molar-refractivity contribution in [3.05, 3.63) is 59.0 Å². The summed E-state index contributed by atoms with van der Waals surface area (Å²) >= 11 is 0.808. The zero-order valence-electron chi connectivity index (χ0n) is 14.9. The van der Waals surface area contributed by atoms with E-state index in [2.05, 4.69) is 0 Å². The van der Waals surface area contributed by atoms with E-state index < -0.39 is 23.2 Å². The minimum atomic E-state index is -1.04. The van der Waals surface area contributed by atoms with Gasteiger partial charge in [-0.05, 0) is 54.1 Å². The topological polar surface area (TPSA) is 104 Å². The van der Waals surface area contributed by atoms with Gasteiger partial charge >= 0.3 is 5.97 Å². The van der Waals surface area contributed by atoms with Crippen LogP contribution in [0.15, 0.2) is 53.4 Å². The SMILES string of the molecule is CCC(Oc1ccc(/C=C2/SC(=O)N(c3cccc(O)c3)C2=O)cc1)C(=O)O. The molecule has 0 saturated carbocycles. The van der Waals surface area contributed by atoms with E-state index in [-0.39, 0.29) is 10.7 Å². The number of carboxylic acids is 1. The first kappa shape index (κ1) is 19.5. The standard InChI is InChI=1S/C20H17NO6S/c1-2-16(19(24)25)27-15-8-6-12(7-9-15)10-17-18(23)21(20(26)28-17)13-4-3-5-14(22)11-13/h3-11,16,22H,2H2,1H3,(H,24,25)/b17-10+. The van der Waals surface area contributed by atoms with Crippen LogP contribution in [0.2, 0.25) is 0 Å². The Morgan fingerprint density at radius 3 is 2.54 bits per heavy atom. The minimum Gasteiger partial charge on any atom is -0.508 e. The molecule has 2 N–H and O–H groups in total. The lowest BCUT2D eigenvalue weighted by atomic mass is 10.2. The van der Waals surface area contributed by atoms with Gasteiger partial charge in [0.25, 0.3) is 11.1 Å². The number of nitrogens with zero attached hydrogens (tertiary/aromatic N) is 1. The molecule has 1 aliphatic rings. The van der Waals surface area contributed by atoms with Gasteiger partial charge < -0.3 is 14.9 Å². The van der Waals surface area contributed by atoms with E-state index in [0.717, 1.165) is 16.7 Å². The first-order valence-electron chi connectivity index (χ1n) is 8.45. The number of thioether (sulfide) groups is 1. The fourth-order valence-electron chi connectivity index (χ4n) is 2.59. The second-order valence-corrected chi connectivity index (χ2v) is 6.95. The Morgan fingerprint density at radius 2 is 1.93 bits per heavy atom. The molecule has 2 aromatic rings. The molecule has 0 bridgehead atoms. The van der Waals surface area contributed by atoms with E-state index in [1.165, 1.54) is 12.1 Å². The molecule has 1 aliphatic heterocycles. The summed E-state index contributed by atoms with van der Waals surface area (Å²) in [6.45, 7) is 1.72. The number of carbonyl (C=O) groups excluding carboxylic acids is 2. The molecule has 1 heterocycles. The lowest BCUT2D eigenvalue weighted by Gasteiger charge is -2.13. The van der Waals surface area contributed by atoms with Crippen LogP contribution in [0.3, 0.4) is 0 Å². The molecule has 2 amide bonds. The number of benzene rings is 2. The van der Waals surface area contributed by atoms with Crippen LogP contribution in [0.4, 0.5) is 10.5 Å². The summed E-state index contributed by atoms with van der Waals surface area (Å²) in [5.41, 5.74) is 0.964. The fourth-order valence-corrected chi connectivity index (χ4v) is 3.43. The number of carbonyl (C=O) groups is 3. The first-order chi connectivity index (χ1) is 13.4. The van der Waals surface area contributed by atoms with Crippen LogP contribution in [0.1, 0.15) is 18.9 Å². The third-order valence-corrected chi connectivity index (χ3v) is 4.85. The number of aliphatic carboxylic acids is 1. The predicted molar refractivity (Wildman–Crippen MR) is 105 cm³/mol. The third kappa shape index (κ3) is 4.17. The van der Waals surface area contributed by atoms with E-state index in [0.29, 0.717) is 23.4 Å². The number of imide groups is 1.